The lowest BCUT2D eigenvalue weighted by atomic mass is 10.1. The third kappa shape index (κ3) is 4.49. The van der Waals surface area contributed by atoms with Gasteiger partial charge in [-0.15, -0.1) is 0 Å². The van der Waals surface area contributed by atoms with Crippen LogP contribution in [0.3, 0.4) is 0 Å². The average molecular weight is 246 g/mol. The zero-order chi connectivity index (χ0) is 12.6. The van der Waals surface area contributed by atoms with Gasteiger partial charge in [0.1, 0.15) is 0 Å². The van der Waals surface area contributed by atoms with Gasteiger partial charge >= 0.3 is 0 Å². The van der Waals surface area contributed by atoms with Crippen LogP contribution >= 0.6 is 0 Å². The van der Waals surface area contributed by atoms with Crippen molar-refractivity contribution in [3.05, 3.63) is 35.9 Å². The molecule has 0 bridgehead atoms. The Morgan fingerprint density at radius 2 is 2.17 bits per heavy atom. The molecule has 1 saturated heterocycles. The number of benzene rings is 1. The van der Waals surface area contributed by atoms with Crippen LogP contribution in [-0.4, -0.2) is 25.0 Å². The van der Waals surface area contributed by atoms with Gasteiger partial charge in [-0.05, 0) is 37.8 Å². The van der Waals surface area contributed by atoms with Gasteiger partial charge in [0.05, 0.1) is 0 Å². The maximum atomic E-state index is 11.8. The molecule has 1 aliphatic heterocycles. The Hall–Kier alpha value is -1.35. The summed E-state index contributed by atoms with van der Waals surface area (Å²) in [6, 6.07) is 10.7. The third-order valence-electron chi connectivity index (χ3n) is 3.37. The highest BCUT2D eigenvalue weighted by atomic mass is 16.1. The van der Waals surface area contributed by atoms with Gasteiger partial charge in [0, 0.05) is 19.0 Å². The van der Waals surface area contributed by atoms with Crippen LogP contribution in [0.25, 0.3) is 0 Å². The van der Waals surface area contributed by atoms with Crippen molar-refractivity contribution in [3.8, 4) is 0 Å². The lowest BCUT2D eigenvalue weighted by Gasteiger charge is -2.23. The van der Waals surface area contributed by atoms with Crippen molar-refractivity contribution in [2.24, 2.45) is 0 Å². The summed E-state index contributed by atoms with van der Waals surface area (Å²) in [5.41, 5.74) is 1.31. The van der Waals surface area contributed by atoms with Gasteiger partial charge in [0.2, 0.25) is 5.91 Å². The second kappa shape index (κ2) is 7.17. The minimum absolute atomic E-state index is 0.194. The summed E-state index contributed by atoms with van der Waals surface area (Å²) in [7, 11) is 0. The number of amides is 1. The number of aryl methyl sites for hydroxylation is 1. The van der Waals surface area contributed by atoms with Crippen LogP contribution in [0.5, 0.6) is 0 Å². The first-order valence-corrected chi connectivity index (χ1v) is 6.88. The van der Waals surface area contributed by atoms with E-state index in [4.69, 9.17) is 0 Å². The summed E-state index contributed by atoms with van der Waals surface area (Å²) in [5, 5.41) is 6.41. The fraction of sp³-hybridized carbons (Fsp3) is 0.533. The molecule has 1 aromatic rings. The van der Waals surface area contributed by atoms with Gasteiger partial charge in [0.25, 0.3) is 0 Å². The van der Waals surface area contributed by atoms with Gasteiger partial charge in [-0.1, -0.05) is 30.3 Å². The first-order valence-electron chi connectivity index (χ1n) is 6.88. The van der Waals surface area contributed by atoms with E-state index in [-0.39, 0.29) is 5.91 Å². The molecule has 1 amide bonds. The summed E-state index contributed by atoms with van der Waals surface area (Å²) < 4.78 is 0. The molecule has 0 saturated carbocycles. The molecule has 0 spiro atoms. The van der Waals surface area contributed by atoms with Crippen LogP contribution in [0.2, 0.25) is 0 Å². The molecule has 3 heteroatoms. The number of hydrogen-bond donors (Lipinski definition) is 2. The Morgan fingerprint density at radius 1 is 1.33 bits per heavy atom. The molecule has 1 heterocycles. The fourth-order valence-electron chi connectivity index (χ4n) is 2.37. The largest absolute Gasteiger partial charge is 0.352 e. The Morgan fingerprint density at radius 3 is 2.89 bits per heavy atom. The van der Waals surface area contributed by atoms with Crippen molar-refractivity contribution in [2.75, 3.05) is 13.1 Å². The second-order valence-electron chi connectivity index (χ2n) is 4.95. The quantitative estimate of drug-likeness (QED) is 0.833. The maximum Gasteiger partial charge on any atom is 0.220 e. The minimum atomic E-state index is 0.194. The molecule has 1 aliphatic rings. The predicted octanol–water partition coefficient (Wildman–Crippen LogP) is 1.88. The van der Waals surface area contributed by atoms with E-state index in [0.717, 1.165) is 38.8 Å². The lowest BCUT2D eigenvalue weighted by molar-refractivity contribution is -0.122. The van der Waals surface area contributed by atoms with E-state index in [2.05, 4.69) is 22.8 Å². The van der Waals surface area contributed by atoms with Gasteiger partial charge in [-0.2, -0.15) is 0 Å². The summed E-state index contributed by atoms with van der Waals surface area (Å²) in [6.45, 7) is 2.00. The molecule has 98 valence electrons. The standard InChI is InChI=1S/C15H22N2O/c18-15(17-14-9-5-11-16-12-14)10-4-8-13-6-2-1-3-7-13/h1-3,6-7,14,16H,4-5,8-12H2,(H,17,18)/t14-/m1/s1. The van der Waals surface area contributed by atoms with Crippen molar-refractivity contribution in [3.63, 3.8) is 0 Å². The van der Waals surface area contributed by atoms with Crippen LogP contribution in [0.15, 0.2) is 30.3 Å². The van der Waals surface area contributed by atoms with Crippen molar-refractivity contribution in [2.45, 2.75) is 38.1 Å². The van der Waals surface area contributed by atoms with E-state index in [1.165, 1.54) is 5.56 Å². The number of carbonyl (C=O) groups is 1. The van der Waals surface area contributed by atoms with Gasteiger partial charge in [0.15, 0.2) is 0 Å². The number of hydrogen-bond acceptors (Lipinski definition) is 2. The van der Waals surface area contributed by atoms with E-state index in [9.17, 15) is 4.79 Å². The third-order valence-corrected chi connectivity index (χ3v) is 3.37. The van der Waals surface area contributed by atoms with Crippen molar-refractivity contribution < 1.29 is 4.79 Å². The smallest absolute Gasteiger partial charge is 0.220 e. The monoisotopic (exact) mass is 246 g/mol. The molecule has 1 atom stereocenters. The number of nitrogens with one attached hydrogen (secondary N) is 2. The molecular formula is C15H22N2O. The van der Waals surface area contributed by atoms with E-state index in [1.54, 1.807) is 0 Å². The minimum Gasteiger partial charge on any atom is -0.352 e. The summed E-state index contributed by atoms with van der Waals surface area (Å²) in [6.07, 6.45) is 4.81. The molecule has 0 unspecified atom stereocenters. The van der Waals surface area contributed by atoms with Gasteiger partial charge in [-0.3, -0.25) is 4.79 Å². The highest BCUT2D eigenvalue weighted by Crippen LogP contribution is 2.06. The Labute approximate surface area is 109 Å². The molecule has 0 aromatic heterocycles. The average Bonchev–Trinajstić information content (AvgIpc) is 2.41. The molecule has 0 radical (unpaired) electrons. The van der Waals surface area contributed by atoms with Crippen LogP contribution in [0.1, 0.15) is 31.2 Å². The maximum absolute atomic E-state index is 11.8. The molecule has 0 aliphatic carbocycles. The lowest BCUT2D eigenvalue weighted by Crippen LogP contribution is -2.45. The predicted molar refractivity (Wildman–Crippen MR) is 73.4 cm³/mol. The Balaban J connectivity index is 1.62. The molecule has 1 aromatic carbocycles. The van der Waals surface area contributed by atoms with Crippen molar-refractivity contribution in [1.29, 1.82) is 0 Å². The van der Waals surface area contributed by atoms with Crippen LogP contribution in [-0.2, 0) is 11.2 Å². The van der Waals surface area contributed by atoms with E-state index >= 15 is 0 Å². The van der Waals surface area contributed by atoms with Crippen LogP contribution in [0.4, 0.5) is 0 Å². The van der Waals surface area contributed by atoms with E-state index in [0.29, 0.717) is 12.5 Å². The van der Waals surface area contributed by atoms with Crippen molar-refractivity contribution >= 4 is 5.91 Å². The Bertz CT molecular complexity index is 358. The SMILES string of the molecule is O=C(CCCc1ccccc1)N[C@@H]1CCCNC1. The number of carbonyl (C=O) groups excluding carboxylic acids is 1. The molecule has 2 N–H and O–H groups in total. The molecule has 3 nitrogen and oxygen atoms in total. The second-order valence-corrected chi connectivity index (χ2v) is 4.95. The first kappa shape index (κ1) is 13.1. The summed E-state index contributed by atoms with van der Waals surface area (Å²) in [5.74, 6) is 0.194. The molecular weight excluding hydrogens is 224 g/mol. The van der Waals surface area contributed by atoms with Crippen molar-refractivity contribution in [1.82, 2.24) is 10.6 Å². The van der Waals surface area contributed by atoms with Gasteiger partial charge in [-0.25, -0.2) is 0 Å². The van der Waals surface area contributed by atoms with Crippen LogP contribution < -0.4 is 10.6 Å². The van der Waals surface area contributed by atoms with E-state index in [1.807, 2.05) is 18.2 Å². The Kier molecular flexibility index (Phi) is 5.21. The van der Waals surface area contributed by atoms with Crippen LogP contribution in [0, 0.1) is 0 Å². The van der Waals surface area contributed by atoms with Gasteiger partial charge < -0.3 is 10.6 Å². The highest BCUT2D eigenvalue weighted by molar-refractivity contribution is 5.76. The molecule has 2 rings (SSSR count). The van der Waals surface area contributed by atoms with E-state index < -0.39 is 0 Å². The number of rotatable bonds is 5. The molecule has 1 fully saturated rings. The highest BCUT2D eigenvalue weighted by Gasteiger charge is 2.14. The number of piperidine rings is 1. The summed E-state index contributed by atoms with van der Waals surface area (Å²) >= 11 is 0. The first-order chi connectivity index (χ1) is 8.84. The normalized spacial score (nSPS) is 19.4. The molecule has 18 heavy (non-hydrogen) atoms. The zero-order valence-corrected chi connectivity index (χ0v) is 10.8. The topological polar surface area (TPSA) is 41.1 Å². The summed E-state index contributed by atoms with van der Waals surface area (Å²) in [4.78, 5) is 11.8. The fourth-order valence-corrected chi connectivity index (χ4v) is 2.37. The zero-order valence-electron chi connectivity index (χ0n) is 10.8.